The zero-order chi connectivity index (χ0) is 18.4. The molecule has 0 fully saturated rings. The quantitative estimate of drug-likeness (QED) is 0.741. The van der Waals surface area contributed by atoms with Crippen LogP contribution in [0.2, 0.25) is 0 Å². The number of nitrogens with one attached hydrogen (secondary N) is 2. The van der Waals surface area contributed by atoms with Crippen molar-refractivity contribution in [3.8, 4) is 5.75 Å². The number of benzene rings is 1. The van der Waals surface area contributed by atoms with E-state index in [1.54, 1.807) is 25.1 Å². The van der Waals surface area contributed by atoms with Gasteiger partial charge in [0.1, 0.15) is 17.4 Å². The summed E-state index contributed by atoms with van der Waals surface area (Å²) in [5.74, 6) is -0.248. The van der Waals surface area contributed by atoms with E-state index in [1.165, 1.54) is 6.07 Å². The Balaban J connectivity index is 1.94. The van der Waals surface area contributed by atoms with E-state index in [2.05, 4.69) is 10.6 Å². The average molecular weight is 346 g/mol. The molecular weight excluding hydrogens is 324 g/mol. The lowest BCUT2D eigenvalue weighted by atomic mass is 10.1. The first kappa shape index (κ1) is 18.5. The molecule has 0 spiro atoms. The molecule has 134 valence electrons. The largest absolute Gasteiger partial charge is 0.484 e. The van der Waals surface area contributed by atoms with Gasteiger partial charge >= 0.3 is 5.63 Å². The Morgan fingerprint density at radius 2 is 2.04 bits per heavy atom. The number of rotatable bonds is 7. The molecule has 0 saturated carbocycles. The fraction of sp³-hybridized carbons (Fsp3) is 0.389. The Morgan fingerprint density at radius 1 is 1.28 bits per heavy atom. The van der Waals surface area contributed by atoms with Crippen molar-refractivity contribution in [1.82, 2.24) is 10.6 Å². The van der Waals surface area contributed by atoms with Crippen molar-refractivity contribution in [3.63, 3.8) is 0 Å². The highest BCUT2D eigenvalue weighted by Crippen LogP contribution is 2.22. The van der Waals surface area contributed by atoms with Gasteiger partial charge in [-0.2, -0.15) is 0 Å². The van der Waals surface area contributed by atoms with E-state index in [-0.39, 0.29) is 12.5 Å². The highest BCUT2D eigenvalue weighted by Gasteiger charge is 2.15. The molecule has 0 radical (unpaired) electrons. The minimum atomic E-state index is -0.639. The summed E-state index contributed by atoms with van der Waals surface area (Å²) in [6, 6.07) is 5.80. The van der Waals surface area contributed by atoms with E-state index in [1.807, 2.05) is 13.8 Å². The summed E-state index contributed by atoms with van der Waals surface area (Å²) in [5, 5.41) is 6.07. The number of amides is 2. The van der Waals surface area contributed by atoms with Crippen LogP contribution >= 0.6 is 0 Å². The van der Waals surface area contributed by atoms with Crippen LogP contribution in [0.4, 0.5) is 0 Å². The van der Waals surface area contributed by atoms with Crippen molar-refractivity contribution in [2.75, 3.05) is 13.2 Å². The third-order valence-electron chi connectivity index (χ3n) is 3.61. The van der Waals surface area contributed by atoms with E-state index >= 15 is 0 Å². The summed E-state index contributed by atoms with van der Waals surface area (Å²) in [7, 11) is 0. The SMILES string of the molecule is CCCNC(=O)[C@H](C)NC(=O)COc1ccc2c(C)cc(=O)oc2c1. The Hall–Kier alpha value is -2.83. The zero-order valence-electron chi connectivity index (χ0n) is 14.5. The smallest absolute Gasteiger partial charge is 0.336 e. The third-order valence-corrected chi connectivity index (χ3v) is 3.61. The Kier molecular flexibility index (Phi) is 6.16. The second-order valence-corrected chi connectivity index (χ2v) is 5.78. The van der Waals surface area contributed by atoms with Gasteiger partial charge in [-0.15, -0.1) is 0 Å². The van der Waals surface area contributed by atoms with Crippen LogP contribution < -0.4 is 21.0 Å². The van der Waals surface area contributed by atoms with Crippen LogP contribution in [0.1, 0.15) is 25.8 Å². The normalized spacial score (nSPS) is 11.8. The molecule has 0 aliphatic carbocycles. The lowest BCUT2D eigenvalue weighted by molar-refractivity contribution is -0.129. The second kappa shape index (κ2) is 8.32. The molecule has 2 aromatic rings. The van der Waals surface area contributed by atoms with Gasteiger partial charge in [-0.05, 0) is 38.0 Å². The molecule has 1 atom stereocenters. The molecule has 7 heteroatoms. The predicted octanol–water partition coefficient (Wildman–Crippen LogP) is 1.51. The van der Waals surface area contributed by atoms with E-state index in [0.717, 1.165) is 17.4 Å². The van der Waals surface area contributed by atoms with Crippen molar-refractivity contribution in [2.24, 2.45) is 0 Å². The molecule has 1 aromatic carbocycles. The van der Waals surface area contributed by atoms with Gasteiger partial charge in [0, 0.05) is 24.1 Å². The van der Waals surface area contributed by atoms with Crippen LogP contribution in [0.15, 0.2) is 33.5 Å². The molecule has 2 N–H and O–H groups in total. The van der Waals surface area contributed by atoms with Gasteiger partial charge in [-0.1, -0.05) is 6.92 Å². The maximum Gasteiger partial charge on any atom is 0.336 e. The van der Waals surface area contributed by atoms with Crippen LogP contribution in [-0.2, 0) is 9.59 Å². The predicted molar refractivity (Wildman–Crippen MR) is 93.6 cm³/mol. The molecule has 2 rings (SSSR count). The van der Waals surface area contributed by atoms with Gasteiger partial charge in [-0.25, -0.2) is 4.79 Å². The first-order valence-electron chi connectivity index (χ1n) is 8.15. The number of aryl methyl sites for hydroxylation is 1. The Morgan fingerprint density at radius 3 is 2.76 bits per heavy atom. The second-order valence-electron chi connectivity index (χ2n) is 5.78. The number of hydrogen-bond acceptors (Lipinski definition) is 5. The summed E-state index contributed by atoms with van der Waals surface area (Å²) < 4.78 is 10.5. The van der Waals surface area contributed by atoms with Gasteiger partial charge in [0.15, 0.2) is 6.61 Å². The summed E-state index contributed by atoms with van der Waals surface area (Å²) in [6.45, 7) is 5.70. The zero-order valence-corrected chi connectivity index (χ0v) is 14.5. The molecule has 0 saturated heterocycles. The number of ether oxygens (including phenoxy) is 1. The minimum Gasteiger partial charge on any atom is -0.484 e. The summed E-state index contributed by atoms with van der Waals surface area (Å²) in [4.78, 5) is 35.0. The Labute approximate surface area is 145 Å². The van der Waals surface area contributed by atoms with Gasteiger partial charge in [-0.3, -0.25) is 9.59 Å². The van der Waals surface area contributed by atoms with Crippen molar-refractivity contribution < 1.29 is 18.7 Å². The third kappa shape index (κ3) is 5.07. The monoisotopic (exact) mass is 346 g/mol. The van der Waals surface area contributed by atoms with E-state index in [0.29, 0.717) is 17.9 Å². The topological polar surface area (TPSA) is 97.6 Å². The minimum absolute atomic E-state index is 0.238. The van der Waals surface area contributed by atoms with Crippen molar-refractivity contribution >= 4 is 22.8 Å². The average Bonchev–Trinajstić information content (AvgIpc) is 2.57. The van der Waals surface area contributed by atoms with E-state index in [9.17, 15) is 14.4 Å². The summed E-state index contributed by atoms with van der Waals surface area (Å²) in [6.07, 6.45) is 0.826. The highest BCUT2D eigenvalue weighted by atomic mass is 16.5. The van der Waals surface area contributed by atoms with Gasteiger partial charge in [0.25, 0.3) is 5.91 Å². The van der Waals surface area contributed by atoms with Crippen molar-refractivity contribution in [3.05, 3.63) is 40.2 Å². The van der Waals surface area contributed by atoms with Crippen LogP contribution in [0.3, 0.4) is 0 Å². The molecule has 0 unspecified atom stereocenters. The lowest BCUT2D eigenvalue weighted by Gasteiger charge is -2.14. The number of carbonyl (C=O) groups is 2. The molecule has 0 aliphatic heterocycles. The van der Waals surface area contributed by atoms with Crippen LogP contribution in [-0.4, -0.2) is 31.0 Å². The van der Waals surface area contributed by atoms with E-state index in [4.69, 9.17) is 9.15 Å². The first-order chi connectivity index (χ1) is 11.9. The van der Waals surface area contributed by atoms with Gasteiger partial charge < -0.3 is 19.8 Å². The van der Waals surface area contributed by atoms with E-state index < -0.39 is 17.6 Å². The van der Waals surface area contributed by atoms with Gasteiger partial charge in [0.05, 0.1) is 0 Å². The number of fused-ring (bicyclic) bond motifs is 1. The molecule has 25 heavy (non-hydrogen) atoms. The van der Waals surface area contributed by atoms with Crippen LogP contribution in [0.25, 0.3) is 11.0 Å². The summed E-state index contributed by atoms with van der Waals surface area (Å²) in [5.41, 5.74) is 0.768. The van der Waals surface area contributed by atoms with Crippen LogP contribution in [0, 0.1) is 6.92 Å². The molecule has 0 aliphatic rings. The molecular formula is C18H22N2O5. The highest BCUT2D eigenvalue weighted by molar-refractivity contribution is 5.88. The van der Waals surface area contributed by atoms with Crippen LogP contribution in [0.5, 0.6) is 5.75 Å². The van der Waals surface area contributed by atoms with Gasteiger partial charge in [0.2, 0.25) is 5.91 Å². The van der Waals surface area contributed by atoms with Crippen molar-refractivity contribution in [2.45, 2.75) is 33.2 Å². The summed E-state index contributed by atoms with van der Waals surface area (Å²) >= 11 is 0. The number of hydrogen-bond donors (Lipinski definition) is 2. The fourth-order valence-corrected chi connectivity index (χ4v) is 2.29. The standard InChI is InChI=1S/C18H22N2O5/c1-4-7-19-18(23)12(3)20-16(21)10-24-13-5-6-14-11(2)8-17(22)25-15(14)9-13/h5-6,8-9,12H,4,7,10H2,1-3H3,(H,19,23)(H,20,21)/t12-/m0/s1. The first-order valence-corrected chi connectivity index (χ1v) is 8.15. The fourth-order valence-electron chi connectivity index (χ4n) is 2.29. The maximum absolute atomic E-state index is 11.9. The Bertz CT molecular complexity index is 828. The van der Waals surface area contributed by atoms with Crippen molar-refractivity contribution in [1.29, 1.82) is 0 Å². The maximum atomic E-state index is 11.9. The molecule has 1 aromatic heterocycles. The number of carbonyl (C=O) groups excluding carboxylic acids is 2. The lowest BCUT2D eigenvalue weighted by Crippen LogP contribution is -2.46. The molecule has 2 amide bonds. The molecule has 1 heterocycles. The molecule has 7 nitrogen and oxygen atoms in total. The molecule has 0 bridgehead atoms.